The van der Waals surface area contributed by atoms with Crippen LogP contribution < -0.4 is 19.7 Å². The van der Waals surface area contributed by atoms with Crippen LogP contribution in [0.3, 0.4) is 0 Å². The summed E-state index contributed by atoms with van der Waals surface area (Å²) in [5.74, 6) is 0.711. The maximum absolute atomic E-state index is 14.4. The predicted octanol–water partition coefficient (Wildman–Crippen LogP) is 6.06. The minimum Gasteiger partial charge on any atom is -0.490 e. The Labute approximate surface area is 294 Å². The molecule has 1 saturated heterocycles. The Morgan fingerprint density at radius 3 is 2.84 bits per heavy atom. The molecule has 7 atom stereocenters. The molecule has 2 aromatic rings. The molecular weight excluding hydrogens is 664 g/mol. The van der Waals surface area contributed by atoms with Gasteiger partial charge in [-0.2, -0.15) is 0 Å². The number of methoxy groups -OCH3 is 1. The number of fused-ring (bicyclic) bond motifs is 4. The lowest BCUT2D eigenvalue weighted by molar-refractivity contribution is 0.0131. The molecule has 5 aliphatic rings. The lowest BCUT2D eigenvalue weighted by Crippen LogP contribution is -2.49. The van der Waals surface area contributed by atoms with Crippen LogP contribution in [0.1, 0.15) is 66.9 Å². The van der Waals surface area contributed by atoms with E-state index in [2.05, 4.69) is 43.6 Å². The SMILES string of the molecule is CO[C@H]1/C=C/C[C@H](C)CS(=O)(NC(=O)N[C@H]2CCOC2)=NC(=O)c2ccc3c(c2)N(C[C@@H]2CC[C@H]21)C[C@@]1(CCCc2cc(Cl)ccc21)CO3. The van der Waals surface area contributed by atoms with Crippen LogP contribution >= 0.6 is 11.6 Å². The van der Waals surface area contributed by atoms with Crippen molar-refractivity contribution < 1.29 is 28.0 Å². The number of aryl methyl sites for hydroxylation is 1. The van der Waals surface area contributed by atoms with Gasteiger partial charge in [0.15, 0.2) is 0 Å². The van der Waals surface area contributed by atoms with Crippen LogP contribution in [0, 0.1) is 17.8 Å². The largest absolute Gasteiger partial charge is 0.490 e. The molecule has 0 radical (unpaired) electrons. The van der Waals surface area contributed by atoms with E-state index in [-0.39, 0.29) is 29.2 Å². The van der Waals surface area contributed by atoms with Crippen LogP contribution in [0.4, 0.5) is 10.5 Å². The molecule has 49 heavy (non-hydrogen) atoms. The van der Waals surface area contributed by atoms with Crippen molar-refractivity contribution in [3.8, 4) is 5.75 Å². The summed E-state index contributed by atoms with van der Waals surface area (Å²) in [5.41, 5.74) is 3.42. The molecule has 12 heteroatoms. The maximum atomic E-state index is 14.4. The molecule has 264 valence electrons. The van der Waals surface area contributed by atoms with Gasteiger partial charge < -0.3 is 24.4 Å². The smallest absolute Gasteiger partial charge is 0.327 e. The Bertz CT molecular complexity index is 1740. The molecule has 1 saturated carbocycles. The number of anilines is 1. The van der Waals surface area contributed by atoms with E-state index in [4.69, 9.17) is 25.8 Å². The summed E-state index contributed by atoms with van der Waals surface area (Å²) < 4.78 is 39.2. The highest BCUT2D eigenvalue weighted by Crippen LogP contribution is 2.47. The molecule has 2 aliphatic carbocycles. The van der Waals surface area contributed by atoms with Gasteiger partial charge in [-0.1, -0.05) is 36.7 Å². The number of hydrogen-bond acceptors (Lipinski definition) is 7. The molecule has 2 fully saturated rings. The van der Waals surface area contributed by atoms with Gasteiger partial charge in [0.1, 0.15) is 15.7 Å². The number of nitrogens with zero attached hydrogens (tertiary/aromatic N) is 2. The standard InChI is InChI=1S/C37H47ClN4O6S/c1-24-5-3-7-33(46-2)30-11-8-27(30)19-42-22-37(15-4-6-25-17-28(38)10-12-31(25)37)23-48-34-13-9-26(18-32(34)42)35(43)40-49(45,21-24)41-36(44)39-29-14-16-47-20-29/h3,7,9-10,12-13,17-18,24,27,29-30,33H,4-6,8,11,14-16,19-23H2,1-2H3,(H2,39,40,41,43,44,45)/b7-3+/t24-,27-,29-,30+,33-,37-,49?/m0/s1. The summed E-state index contributed by atoms with van der Waals surface area (Å²) in [6.07, 6.45) is 10.6. The van der Waals surface area contributed by atoms with Gasteiger partial charge in [-0.05, 0) is 104 Å². The van der Waals surface area contributed by atoms with Gasteiger partial charge in [-0.3, -0.25) is 9.52 Å². The van der Waals surface area contributed by atoms with E-state index in [1.54, 1.807) is 13.2 Å². The van der Waals surface area contributed by atoms with Crippen LogP contribution in [0.5, 0.6) is 5.75 Å². The number of carbonyl (C=O) groups is 2. The van der Waals surface area contributed by atoms with Gasteiger partial charge >= 0.3 is 6.03 Å². The van der Waals surface area contributed by atoms with E-state index < -0.39 is 21.9 Å². The summed E-state index contributed by atoms with van der Waals surface area (Å²) in [6.45, 7) is 4.92. The minimum atomic E-state index is -3.48. The molecule has 3 aliphatic heterocycles. The molecule has 1 spiro atoms. The molecule has 3 heterocycles. The first-order valence-corrected chi connectivity index (χ1v) is 19.7. The second-order valence-corrected chi connectivity index (χ2v) is 17.0. The normalized spacial score (nSPS) is 33.6. The maximum Gasteiger partial charge on any atom is 0.327 e. The van der Waals surface area contributed by atoms with Crippen molar-refractivity contribution in [2.75, 3.05) is 50.7 Å². The Hall–Kier alpha value is -3.12. The lowest BCUT2D eigenvalue weighted by atomic mass is 9.68. The fourth-order valence-corrected chi connectivity index (χ4v) is 10.4. The number of urea groups is 1. The quantitative estimate of drug-likeness (QED) is 0.372. The van der Waals surface area contributed by atoms with E-state index in [1.807, 2.05) is 25.1 Å². The fourth-order valence-electron chi connectivity index (χ4n) is 8.38. The summed E-state index contributed by atoms with van der Waals surface area (Å²) in [6, 6.07) is 10.8. The van der Waals surface area contributed by atoms with E-state index >= 15 is 0 Å². The molecule has 2 bridgehead atoms. The molecule has 0 aromatic heterocycles. The molecule has 3 amide bonds. The van der Waals surface area contributed by atoms with Crippen molar-refractivity contribution in [2.45, 2.75) is 69.4 Å². The predicted molar refractivity (Wildman–Crippen MR) is 191 cm³/mol. The first kappa shape index (κ1) is 34.3. The van der Waals surface area contributed by atoms with Gasteiger partial charge in [0, 0.05) is 42.8 Å². The first-order chi connectivity index (χ1) is 23.6. The van der Waals surface area contributed by atoms with Crippen molar-refractivity contribution in [1.82, 2.24) is 10.0 Å². The van der Waals surface area contributed by atoms with Crippen LogP contribution in [0.25, 0.3) is 0 Å². The van der Waals surface area contributed by atoms with E-state index in [1.165, 1.54) is 11.1 Å². The highest BCUT2D eigenvalue weighted by atomic mass is 35.5. The van der Waals surface area contributed by atoms with Crippen LogP contribution in [0.2, 0.25) is 5.02 Å². The van der Waals surface area contributed by atoms with Crippen molar-refractivity contribution in [2.24, 2.45) is 22.1 Å². The molecule has 7 rings (SSSR count). The number of halogens is 1. The molecule has 10 nitrogen and oxygen atoms in total. The minimum absolute atomic E-state index is 0.0213. The number of nitrogens with one attached hydrogen (secondary N) is 2. The average molecular weight is 711 g/mol. The third kappa shape index (κ3) is 7.36. The number of hydrogen-bond donors (Lipinski definition) is 2. The number of rotatable bonds is 3. The third-order valence-electron chi connectivity index (χ3n) is 11.0. The third-order valence-corrected chi connectivity index (χ3v) is 13.3. The highest BCUT2D eigenvalue weighted by molar-refractivity contribution is 7.92. The van der Waals surface area contributed by atoms with E-state index in [9.17, 15) is 13.8 Å². The summed E-state index contributed by atoms with van der Waals surface area (Å²) in [7, 11) is -1.72. The number of benzene rings is 2. The van der Waals surface area contributed by atoms with Gasteiger partial charge in [-0.15, -0.1) is 4.36 Å². The Kier molecular flexibility index (Phi) is 9.98. The lowest BCUT2D eigenvalue weighted by Gasteiger charge is -2.46. The zero-order valence-electron chi connectivity index (χ0n) is 28.3. The van der Waals surface area contributed by atoms with Gasteiger partial charge in [-0.25, -0.2) is 9.00 Å². The fraction of sp³-hybridized carbons (Fsp3) is 0.568. The van der Waals surface area contributed by atoms with E-state index in [0.29, 0.717) is 55.8 Å². The van der Waals surface area contributed by atoms with Crippen molar-refractivity contribution in [1.29, 1.82) is 0 Å². The highest BCUT2D eigenvalue weighted by Gasteiger charge is 2.44. The van der Waals surface area contributed by atoms with Crippen LogP contribution in [-0.2, 0) is 31.2 Å². The second-order valence-electron chi connectivity index (χ2n) is 14.6. The molecular formula is C37H47ClN4O6S. The van der Waals surface area contributed by atoms with Gasteiger partial charge in [0.05, 0.1) is 36.8 Å². The topological polar surface area (TPSA) is 119 Å². The summed E-state index contributed by atoms with van der Waals surface area (Å²) in [4.78, 5) is 29.3. The van der Waals surface area contributed by atoms with E-state index in [0.717, 1.165) is 55.9 Å². The zero-order chi connectivity index (χ0) is 34.2. The monoisotopic (exact) mass is 710 g/mol. The van der Waals surface area contributed by atoms with Gasteiger partial charge in [0.25, 0.3) is 5.91 Å². The molecule has 1 unspecified atom stereocenters. The Morgan fingerprint density at radius 2 is 2.06 bits per heavy atom. The Balaban J connectivity index is 1.28. The Morgan fingerprint density at radius 1 is 1.18 bits per heavy atom. The number of amides is 3. The summed E-state index contributed by atoms with van der Waals surface area (Å²) in [5, 5.41) is 3.57. The number of carbonyl (C=O) groups excluding carboxylic acids is 2. The summed E-state index contributed by atoms with van der Waals surface area (Å²) >= 11 is 6.45. The van der Waals surface area contributed by atoms with Crippen molar-refractivity contribution in [3.05, 3.63) is 70.3 Å². The molecule has 2 N–H and O–H groups in total. The second kappa shape index (κ2) is 14.2. The van der Waals surface area contributed by atoms with Crippen LogP contribution in [-0.4, -0.2) is 74.1 Å². The first-order valence-electron chi connectivity index (χ1n) is 17.6. The average Bonchev–Trinajstić information content (AvgIpc) is 3.51. The van der Waals surface area contributed by atoms with Crippen molar-refractivity contribution in [3.63, 3.8) is 0 Å². The van der Waals surface area contributed by atoms with Crippen molar-refractivity contribution >= 4 is 39.1 Å². The zero-order valence-corrected chi connectivity index (χ0v) is 29.9. The number of ether oxygens (including phenoxy) is 3. The van der Waals surface area contributed by atoms with Crippen LogP contribution in [0.15, 0.2) is 52.9 Å². The van der Waals surface area contributed by atoms with Gasteiger partial charge in [0.2, 0.25) is 0 Å². The number of allylic oxidation sites excluding steroid dienone is 1. The molecule has 2 aromatic carbocycles.